The maximum absolute atomic E-state index is 11.0. The molecule has 1 fully saturated rings. The third kappa shape index (κ3) is 1.36. The second kappa shape index (κ2) is 3.12. The molecule has 1 N–H and O–H groups in total. The van der Waals surface area contributed by atoms with Gasteiger partial charge in [-0.05, 0) is 19.3 Å². The van der Waals surface area contributed by atoms with Crippen molar-refractivity contribution in [1.29, 1.82) is 0 Å². The van der Waals surface area contributed by atoms with Crippen LogP contribution in [0.25, 0.3) is 0 Å². The maximum atomic E-state index is 11.0. The fourth-order valence-electron chi connectivity index (χ4n) is 1.23. The van der Waals surface area contributed by atoms with Crippen molar-refractivity contribution in [2.45, 2.75) is 31.5 Å². The number of rotatable bonds is 1. The number of ether oxygens (including phenoxy) is 1. The number of methoxy groups -OCH3 is 1. The van der Waals surface area contributed by atoms with E-state index >= 15 is 0 Å². The van der Waals surface area contributed by atoms with E-state index in [2.05, 4.69) is 0 Å². The van der Waals surface area contributed by atoms with Crippen LogP contribution in [-0.4, -0.2) is 30.2 Å². The number of ketones is 1. The quantitative estimate of drug-likeness (QED) is 0.568. The average molecular weight is 144 g/mol. The van der Waals surface area contributed by atoms with Crippen LogP contribution in [0.1, 0.15) is 19.3 Å². The summed E-state index contributed by atoms with van der Waals surface area (Å²) in [4.78, 5) is 11.0. The summed E-state index contributed by atoms with van der Waals surface area (Å²) in [5.41, 5.74) is 0. The molecule has 1 aliphatic carbocycles. The lowest BCUT2D eigenvalue weighted by atomic mass is 9.94. The van der Waals surface area contributed by atoms with Gasteiger partial charge in [-0.3, -0.25) is 4.79 Å². The lowest BCUT2D eigenvalue weighted by Crippen LogP contribution is -2.37. The molecule has 0 bridgehead atoms. The summed E-state index contributed by atoms with van der Waals surface area (Å²) in [7, 11) is 1.50. The summed E-state index contributed by atoms with van der Waals surface area (Å²) < 4.78 is 4.86. The number of carbonyl (C=O) groups is 1. The maximum Gasteiger partial charge on any atom is 0.189 e. The zero-order chi connectivity index (χ0) is 7.56. The first kappa shape index (κ1) is 7.69. The Morgan fingerprint density at radius 3 is 2.80 bits per heavy atom. The fourth-order valence-corrected chi connectivity index (χ4v) is 1.23. The van der Waals surface area contributed by atoms with E-state index in [1.165, 1.54) is 7.11 Å². The van der Waals surface area contributed by atoms with Crippen molar-refractivity contribution in [1.82, 2.24) is 0 Å². The first-order valence-corrected chi connectivity index (χ1v) is 3.50. The van der Waals surface area contributed by atoms with Crippen LogP contribution in [0.5, 0.6) is 0 Å². The summed E-state index contributed by atoms with van der Waals surface area (Å²) in [6.45, 7) is 0. The zero-order valence-electron chi connectivity index (χ0n) is 6.04. The molecule has 3 heteroatoms. The van der Waals surface area contributed by atoms with Gasteiger partial charge in [0.25, 0.3) is 0 Å². The van der Waals surface area contributed by atoms with Crippen molar-refractivity contribution < 1.29 is 14.6 Å². The molecule has 0 aromatic carbocycles. The number of hydrogen-bond acceptors (Lipinski definition) is 3. The highest BCUT2D eigenvalue weighted by Gasteiger charge is 2.29. The van der Waals surface area contributed by atoms with Gasteiger partial charge in [0.15, 0.2) is 5.78 Å². The first-order chi connectivity index (χ1) is 4.75. The normalized spacial score (nSPS) is 34.4. The number of carbonyl (C=O) groups excluding carboxylic acids is 1. The molecule has 0 spiro atoms. The molecule has 2 atom stereocenters. The minimum absolute atomic E-state index is 0.159. The van der Waals surface area contributed by atoms with Crippen molar-refractivity contribution in [2.24, 2.45) is 0 Å². The van der Waals surface area contributed by atoms with Gasteiger partial charge in [0.1, 0.15) is 12.2 Å². The van der Waals surface area contributed by atoms with Crippen LogP contribution in [0, 0.1) is 0 Å². The van der Waals surface area contributed by atoms with E-state index in [-0.39, 0.29) is 11.9 Å². The van der Waals surface area contributed by atoms with Crippen molar-refractivity contribution in [2.75, 3.05) is 7.11 Å². The van der Waals surface area contributed by atoms with Gasteiger partial charge >= 0.3 is 0 Å². The highest BCUT2D eigenvalue weighted by atomic mass is 16.5. The zero-order valence-corrected chi connectivity index (χ0v) is 6.04. The van der Waals surface area contributed by atoms with Crippen molar-refractivity contribution >= 4 is 5.78 Å². The van der Waals surface area contributed by atoms with E-state index in [1.807, 2.05) is 0 Å². The van der Waals surface area contributed by atoms with E-state index in [0.717, 1.165) is 12.8 Å². The Morgan fingerprint density at radius 2 is 2.30 bits per heavy atom. The second-order valence-electron chi connectivity index (χ2n) is 2.57. The minimum atomic E-state index is -0.779. The third-order valence-corrected chi connectivity index (χ3v) is 1.87. The van der Waals surface area contributed by atoms with Crippen LogP contribution >= 0.6 is 0 Å². The summed E-state index contributed by atoms with van der Waals surface area (Å²) in [6, 6.07) is 0. The van der Waals surface area contributed by atoms with E-state index in [4.69, 9.17) is 9.84 Å². The summed E-state index contributed by atoms with van der Waals surface area (Å²) >= 11 is 0. The van der Waals surface area contributed by atoms with Gasteiger partial charge in [-0.1, -0.05) is 0 Å². The highest BCUT2D eigenvalue weighted by molar-refractivity contribution is 5.87. The van der Waals surface area contributed by atoms with Crippen LogP contribution < -0.4 is 0 Å². The van der Waals surface area contributed by atoms with Crippen molar-refractivity contribution in [3.8, 4) is 0 Å². The Hall–Kier alpha value is -0.410. The van der Waals surface area contributed by atoms with Crippen LogP contribution in [0.15, 0.2) is 0 Å². The van der Waals surface area contributed by atoms with Gasteiger partial charge in [-0.15, -0.1) is 0 Å². The Labute approximate surface area is 60.0 Å². The Kier molecular flexibility index (Phi) is 2.40. The van der Waals surface area contributed by atoms with Crippen LogP contribution in [0.2, 0.25) is 0 Å². The summed E-state index contributed by atoms with van der Waals surface area (Å²) in [5, 5.41) is 9.05. The monoisotopic (exact) mass is 144 g/mol. The number of hydrogen-bond donors (Lipinski definition) is 1. The largest absolute Gasteiger partial charge is 0.385 e. The lowest BCUT2D eigenvalue weighted by Gasteiger charge is -2.22. The molecule has 0 aliphatic heterocycles. The number of aliphatic hydroxyl groups excluding tert-OH is 1. The van der Waals surface area contributed by atoms with E-state index in [9.17, 15) is 4.79 Å². The Bertz CT molecular complexity index is 133. The highest BCUT2D eigenvalue weighted by Crippen LogP contribution is 2.16. The Morgan fingerprint density at radius 1 is 1.60 bits per heavy atom. The van der Waals surface area contributed by atoms with Gasteiger partial charge in [0.2, 0.25) is 0 Å². The predicted molar refractivity (Wildman–Crippen MR) is 35.7 cm³/mol. The molecule has 2 unspecified atom stereocenters. The molecule has 3 nitrogen and oxygen atoms in total. The topological polar surface area (TPSA) is 46.5 Å². The Balaban J connectivity index is 2.51. The third-order valence-electron chi connectivity index (χ3n) is 1.87. The summed E-state index contributed by atoms with van der Waals surface area (Å²) in [5.74, 6) is -0.159. The fraction of sp³-hybridized carbons (Fsp3) is 0.857. The van der Waals surface area contributed by atoms with Crippen molar-refractivity contribution in [3.05, 3.63) is 0 Å². The first-order valence-electron chi connectivity index (χ1n) is 3.50. The molecule has 1 aliphatic rings. The molecule has 0 aromatic rings. The molecular formula is C7H12O3. The molecule has 0 saturated heterocycles. The molecule has 10 heavy (non-hydrogen) atoms. The van der Waals surface area contributed by atoms with Gasteiger partial charge in [0, 0.05) is 7.11 Å². The molecular weight excluding hydrogens is 132 g/mol. The van der Waals surface area contributed by atoms with Crippen molar-refractivity contribution in [3.63, 3.8) is 0 Å². The molecule has 58 valence electrons. The van der Waals surface area contributed by atoms with Crippen LogP contribution in [-0.2, 0) is 9.53 Å². The van der Waals surface area contributed by atoms with Gasteiger partial charge in [-0.2, -0.15) is 0 Å². The van der Waals surface area contributed by atoms with E-state index < -0.39 is 6.10 Å². The lowest BCUT2D eigenvalue weighted by molar-refractivity contribution is -0.141. The van der Waals surface area contributed by atoms with Crippen LogP contribution in [0.3, 0.4) is 0 Å². The molecule has 0 aromatic heterocycles. The smallest absolute Gasteiger partial charge is 0.189 e. The molecule has 0 radical (unpaired) electrons. The molecule has 0 heterocycles. The molecule has 1 saturated carbocycles. The van der Waals surface area contributed by atoms with Gasteiger partial charge < -0.3 is 9.84 Å². The average Bonchev–Trinajstić information content (AvgIpc) is 1.95. The molecule has 0 amide bonds. The second-order valence-corrected chi connectivity index (χ2v) is 2.57. The van der Waals surface area contributed by atoms with Gasteiger partial charge in [0.05, 0.1) is 0 Å². The molecule has 1 rings (SSSR count). The van der Waals surface area contributed by atoms with Gasteiger partial charge in [-0.25, -0.2) is 0 Å². The SMILES string of the molecule is COC1CCCC(O)C1=O. The predicted octanol–water partition coefficient (Wildman–Crippen LogP) is 0.115. The van der Waals surface area contributed by atoms with E-state index in [0.29, 0.717) is 6.42 Å². The number of Topliss-reactive ketones (excluding diaryl/α,β-unsaturated/α-hetero) is 1. The standard InChI is InChI=1S/C7H12O3/c1-10-6-4-2-3-5(8)7(6)9/h5-6,8H,2-4H2,1H3. The summed E-state index contributed by atoms with van der Waals surface area (Å²) in [6.07, 6.45) is 1.10. The van der Waals surface area contributed by atoms with E-state index in [1.54, 1.807) is 0 Å². The van der Waals surface area contributed by atoms with Crippen LogP contribution in [0.4, 0.5) is 0 Å². The number of aliphatic hydroxyl groups is 1. The minimum Gasteiger partial charge on any atom is -0.385 e.